The molecule has 7 nitrogen and oxygen atoms in total. The minimum atomic E-state index is -0.394. The molecule has 8 heteroatoms. The van der Waals surface area contributed by atoms with Gasteiger partial charge in [0.25, 0.3) is 0 Å². The summed E-state index contributed by atoms with van der Waals surface area (Å²) < 4.78 is 22.7. The largest absolute Gasteiger partial charge is 0.492 e. The first-order valence-corrected chi connectivity index (χ1v) is 10.4. The zero-order valence-electron chi connectivity index (χ0n) is 16.6. The van der Waals surface area contributed by atoms with Gasteiger partial charge in [0.2, 0.25) is 12.7 Å². The summed E-state index contributed by atoms with van der Waals surface area (Å²) in [5, 5.41) is 4.90. The van der Waals surface area contributed by atoms with Gasteiger partial charge in [-0.15, -0.1) is 0 Å². The van der Waals surface area contributed by atoms with E-state index in [1.54, 1.807) is 0 Å². The molecule has 1 unspecified atom stereocenters. The third-order valence-electron chi connectivity index (χ3n) is 6.05. The Morgan fingerprint density at radius 1 is 1.13 bits per heavy atom. The second-order valence-corrected chi connectivity index (χ2v) is 8.67. The third kappa shape index (κ3) is 2.45. The fourth-order valence-electron chi connectivity index (χ4n) is 4.65. The van der Waals surface area contributed by atoms with Crippen LogP contribution in [0.15, 0.2) is 34.9 Å². The molecule has 0 fully saturated rings. The average molecular weight is 426 g/mol. The van der Waals surface area contributed by atoms with E-state index in [0.717, 1.165) is 33.3 Å². The third-order valence-corrected chi connectivity index (χ3v) is 6.36. The lowest BCUT2D eigenvalue weighted by molar-refractivity contribution is 0.173. The van der Waals surface area contributed by atoms with Crippen LogP contribution in [0.1, 0.15) is 42.6 Å². The molecular weight excluding hydrogens is 406 g/mol. The van der Waals surface area contributed by atoms with Crippen molar-refractivity contribution < 1.29 is 18.7 Å². The number of rotatable bonds is 3. The molecule has 30 heavy (non-hydrogen) atoms. The number of aromatic nitrogens is 2. The zero-order chi connectivity index (χ0) is 20.5. The smallest absolute Gasteiger partial charge is 0.231 e. The van der Waals surface area contributed by atoms with Crippen molar-refractivity contribution in [2.75, 3.05) is 24.8 Å². The molecule has 1 aromatic heterocycles. The Labute approximate surface area is 178 Å². The van der Waals surface area contributed by atoms with Gasteiger partial charge in [-0.2, -0.15) is 4.98 Å². The topological polar surface area (TPSA) is 69.9 Å². The predicted molar refractivity (Wildman–Crippen MR) is 110 cm³/mol. The molecule has 4 heterocycles. The molecule has 0 bridgehead atoms. The monoisotopic (exact) mass is 425 g/mol. The van der Waals surface area contributed by atoms with Crippen LogP contribution >= 0.6 is 11.6 Å². The minimum Gasteiger partial charge on any atom is -0.492 e. The lowest BCUT2D eigenvalue weighted by atomic mass is 9.77. The molecule has 6 rings (SSSR count). The van der Waals surface area contributed by atoms with Crippen molar-refractivity contribution in [1.82, 2.24) is 10.1 Å². The van der Waals surface area contributed by atoms with Crippen LogP contribution < -0.4 is 19.1 Å². The molecule has 0 saturated carbocycles. The van der Waals surface area contributed by atoms with E-state index >= 15 is 0 Å². The number of benzene rings is 2. The molecule has 3 aliphatic rings. The lowest BCUT2D eigenvalue weighted by Gasteiger charge is -2.25. The van der Waals surface area contributed by atoms with E-state index in [0.29, 0.717) is 37.2 Å². The molecular formula is C22H20ClN3O4. The molecule has 154 valence electrons. The number of anilines is 1. The molecule has 0 radical (unpaired) electrons. The first kappa shape index (κ1) is 17.9. The molecule has 0 N–H and O–H groups in total. The number of fused-ring (bicyclic) bond motifs is 5. The molecule has 0 amide bonds. The van der Waals surface area contributed by atoms with Gasteiger partial charge in [-0.25, -0.2) is 0 Å². The second-order valence-electron chi connectivity index (χ2n) is 8.27. The summed E-state index contributed by atoms with van der Waals surface area (Å²) in [6.45, 7) is 6.03. The lowest BCUT2D eigenvalue weighted by Crippen LogP contribution is -2.36. The van der Waals surface area contributed by atoms with E-state index in [9.17, 15) is 0 Å². The maximum Gasteiger partial charge on any atom is 0.231 e. The highest BCUT2D eigenvalue weighted by molar-refractivity contribution is 6.32. The van der Waals surface area contributed by atoms with Crippen LogP contribution in [0.3, 0.4) is 0 Å². The Morgan fingerprint density at radius 2 is 1.97 bits per heavy atom. The maximum atomic E-state index is 6.75. The molecule has 3 aromatic rings. The Bertz CT molecular complexity index is 1160. The highest BCUT2D eigenvalue weighted by Crippen LogP contribution is 2.56. The molecule has 1 atom stereocenters. The maximum absolute atomic E-state index is 6.75. The normalized spacial score (nSPS) is 20.7. The molecule has 2 aromatic carbocycles. The summed E-state index contributed by atoms with van der Waals surface area (Å²) >= 11 is 6.75. The first-order valence-electron chi connectivity index (χ1n) is 9.98. The summed E-state index contributed by atoms with van der Waals surface area (Å²) in [5.41, 5.74) is 2.80. The predicted octanol–water partition coefficient (Wildman–Crippen LogP) is 4.27. The summed E-state index contributed by atoms with van der Waals surface area (Å²) in [4.78, 5) is 6.80. The Hall–Kier alpha value is -2.93. The van der Waals surface area contributed by atoms with Crippen molar-refractivity contribution in [3.8, 4) is 17.2 Å². The van der Waals surface area contributed by atoms with Crippen LogP contribution in [0.2, 0.25) is 5.02 Å². The SMILES string of the molecule is CC(C)c1nc(CN2CC3(COc4cc5c(cc43)OCO5)c3c(Cl)cccc32)no1. The van der Waals surface area contributed by atoms with Gasteiger partial charge in [-0.1, -0.05) is 36.7 Å². The van der Waals surface area contributed by atoms with Gasteiger partial charge in [0.1, 0.15) is 12.4 Å². The number of halogens is 1. The number of hydrogen-bond donors (Lipinski definition) is 0. The van der Waals surface area contributed by atoms with Crippen molar-refractivity contribution in [1.29, 1.82) is 0 Å². The average Bonchev–Trinajstić information content (AvgIpc) is 3.49. The second kappa shape index (κ2) is 6.28. The molecule has 3 aliphatic heterocycles. The van der Waals surface area contributed by atoms with Crippen molar-refractivity contribution in [2.45, 2.75) is 31.7 Å². The fourth-order valence-corrected chi connectivity index (χ4v) is 5.00. The molecule has 0 saturated heterocycles. The summed E-state index contributed by atoms with van der Waals surface area (Å²) in [7, 11) is 0. The summed E-state index contributed by atoms with van der Waals surface area (Å²) in [5.74, 6) is 3.77. The van der Waals surface area contributed by atoms with Crippen molar-refractivity contribution in [3.05, 3.63) is 58.2 Å². The first-order chi connectivity index (χ1) is 14.5. The van der Waals surface area contributed by atoms with Crippen LogP contribution in [0, 0.1) is 0 Å². The van der Waals surface area contributed by atoms with Gasteiger partial charge in [-0.05, 0) is 18.2 Å². The van der Waals surface area contributed by atoms with Crippen LogP contribution in [-0.2, 0) is 12.0 Å². The minimum absolute atomic E-state index is 0.192. The Morgan fingerprint density at radius 3 is 2.77 bits per heavy atom. The Balaban J connectivity index is 1.44. The van der Waals surface area contributed by atoms with Crippen molar-refractivity contribution in [2.24, 2.45) is 0 Å². The van der Waals surface area contributed by atoms with Gasteiger partial charge in [0, 0.05) is 40.4 Å². The van der Waals surface area contributed by atoms with Crippen LogP contribution in [-0.4, -0.2) is 30.1 Å². The van der Waals surface area contributed by atoms with E-state index in [4.69, 9.17) is 30.3 Å². The Kier molecular flexibility index (Phi) is 3.75. The zero-order valence-corrected chi connectivity index (χ0v) is 17.4. The summed E-state index contributed by atoms with van der Waals surface area (Å²) in [6.07, 6.45) is 0. The van der Waals surface area contributed by atoms with Gasteiger partial charge < -0.3 is 23.6 Å². The van der Waals surface area contributed by atoms with Gasteiger partial charge >= 0.3 is 0 Å². The fraction of sp³-hybridized carbons (Fsp3) is 0.364. The van der Waals surface area contributed by atoms with E-state index in [2.05, 4.69) is 21.1 Å². The highest BCUT2D eigenvalue weighted by atomic mass is 35.5. The van der Waals surface area contributed by atoms with Crippen molar-refractivity contribution in [3.63, 3.8) is 0 Å². The van der Waals surface area contributed by atoms with Crippen molar-refractivity contribution >= 4 is 17.3 Å². The van der Waals surface area contributed by atoms with Crippen LogP contribution in [0.4, 0.5) is 5.69 Å². The number of hydrogen-bond acceptors (Lipinski definition) is 7. The number of ether oxygens (including phenoxy) is 3. The van der Waals surface area contributed by atoms with Gasteiger partial charge in [0.05, 0.1) is 12.0 Å². The van der Waals surface area contributed by atoms with E-state index < -0.39 is 5.41 Å². The van der Waals surface area contributed by atoms with E-state index in [1.807, 2.05) is 38.1 Å². The quantitative estimate of drug-likeness (QED) is 0.620. The van der Waals surface area contributed by atoms with Crippen LogP contribution in [0.5, 0.6) is 17.2 Å². The summed E-state index contributed by atoms with van der Waals surface area (Å²) in [6, 6.07) is 9.94. The van der Waals surface area contributed by atoms with Gasteiger partial charge in [0.15, 0.2) is 17.3 Å². The molecule has 1 spiro atoms. The standard InChI is InChI=1S/C22H20ClN3O4/c1-12(2)21-24-19(25-30-21)8-26-9-22(20-14(23)4-3-5-15(20)26)10-27-16-7-18-17(6-13(16)22)28-11-29-18/h3-7,12H,8-11H2,1-2H3. The molecule has 0 aliphatic carbocycles. The van der Waals surface area contributed by atoms with Gasteiger partial charge in [-0.3, -0.25) is 0 Å². The van der Waals surface area contributed by atoms with E-state index in [1.165, 1.54) is 0 Å². The van der Waals surface area contributed by atoms with E-state index in [-0.39, 0.29) is 12.7 Å². The highest BCUT2D eigenvalue weighted by Gasteiger charge is 2.51. The van der Waals surface area contributed by atoms with Crippen LogP contribution in [0.25, 0.3) is 0 Å². The number of nitrogens with zero attached hydrogens (tertiary/aromatic N) is 3.